The van der Waals surface area contributed by atoms with Crippen LogP contribution < -0.4 is 5.32 Å². The van der Waals surface area contributed by atoms with Gasteiger partial charge in [-0.25, -0.2) is 0 Å². The maximum Gasteiger partial charge on any atom is 0.249 e. The number of hydrogen-bond donors (Lipinski definition) is 4. The van der Waals surface area contributed by atoms with Crippen LogP contribution in [-0.2, 0) is 4.79 Å². The molecule has 0 aliphatic carbocycles. The Bertz CT molecular complexity index is 927. The molecule has 0 aromatic rings. The SMILES string of the molecule is CCCCCCCCCCCCC/C=C/CC/C=C/CC/C=C/C(O)C(CO)NC(=O)C(O)CCCCCCCC/C=C\CCCCCCCCCCCCCC. The van der Waals surface area contributed by atoms with E-state index < -0.39 is 24.2 Å². The normalized spacial score (nSPS) is 13.8. The van der Waals surface area contributed by atoms with E-state index in [0.29, 0.717) is 6.42 Å². The average Bonchev–Trinajstić information content (AvgIpc) is 3.22. The van der Waals surface area contributed by atoms with E-state index in [1.807, 2.05) is 6.08 Å². The van der Waals surface area contributed by atoms with Gasteiger partial charge in [-0.3, -0.25) is 4.79 Å². The Kier molecular flexibility index (Phi) is 45.6. The molecule has 0 saturated carbocycles. The van der Waals surface area contributed by atoms with E-state index in [2.05, 4.69) is 55.6 Å². The van der Waals surface area contributed by atoms with Gasteiger partial charge in [-0.1, -0.05) is 229 Å². The second kappa shape index (κ2) is 47.0. The molecular formula is C52H97NO4. The van der Waals surface area contributed by atoms with Gasteiger partial charge in [0.1, 0.15) is 6.10 Å². The van der Waals surface area contributed by atoms with E-state index in [4.69, 9.17) is 0 Å². The minimum absolute atomic E-state index is 0.384. The maximum absolute atomic E-state index is 12.5. The van der Waals surface area contributed by atoms with E-state index in [0.717, 1.165) is 44.9 Å². The molecule has 4 N–H and O–H groups in total. The summed E-state index contributed by atoms with van der Waals surface area (Å²) in [6.07, 6.45) is 61.6. The molecule has 334 valence electrons. The third kappa shape index (κ3) is 42.2. The summed E-state index contributed by atoms with van der Waals surface area (Å²) < 4.78 is 0. The van der Waals surface area contributed by atoms with Crippen molar-refractivity contribution in [2.75, 3.05) is 6.61 Å². The van der Waals surface area contributed by atoms with Crippen molar-refractivity contribution in [1.82, 2.24) is 5.32 Å². The molecular weight excluding hydrogens is 703 g/mol. The molecule has 5 nitrogen and oxygen atoms in total. The second-order valence-corrected chi connectivity index (χ2v) is 17.0. The van der Waals surface area contributed by atoms with Crippen molar-refractivity contribution in [3.05, 3.63) is 48.6 Å². The van der Waals surface area contributed by atoms with Crippen LogP contribution in [0.15, 0.2) is 48.6 Å². The predicted molar refractivity (Wildman–Crippen MR) is 250 cm³/mol. The molecule has 5 heteroatoms. The third-order valence-corrected chi connectivity index (χ3v) is 11.4. The van der Waals surface area contributed by atoms with E-state index in [-0.39, 0.29) is 6.61 Å². The van der Waals surface area contributed by atoms with Crippen molar-refractivity contribution in [3.63, 3.8) is 0 Å². The summed E-state index contributed by atoms with van der Waals surface area (Å²) in [5.74, 6) is -0.521. The van der Waals surface area contributed by atoms with E-state index in [1.54, 1.807) is 6.08 Å². The number of amides is 1. The molecule has 0 heterocycles. The van der Waals surface area contributed by atoms with Gasteiger partial charge in [-0.15, -0.1) is 0 Å². The monoisotopic (exact) mass is 800 g/mol. The Morgan fingerprint density at radius 1 is 0.421 bits per heavy atom. The molecule has 0 rings (SSSR count). The predicted octanol–water partition coefficient (Wildman–Crippen LogP) is 14.9. The van der Waals surface area contributed by atoms with E-state index in [1.165, 1.54) is 186 Å². The molecule has 0 spiro atoms. The first kappa shape index (κ1) is 55.3. The lowest BCUT2D eigenvalue weighted by Gasteiger charge is -2.21. The van der Waals surface area contributed by atoms with Crippen LogP contribution in [0.2, 0.25) is 0 Å². The molecule has 0 aromatic heterocycles. The van der Waals surface area contributed by atoms with Crippen molar-refractivity contribution in [1.29, 1.82) is 0 Å². The Balaban J connectivity index is 3.71. The Hall–Kier alpha value is -1.69. The van der Waals surface area contributed by atoms with E-state index in [9.17, 15) is 20.1 Å². The van der Waals surface area contributed by atoms with Crippen LogP contribution in [0.4, 0.5) is 0 Å². The molecule has 0 aliphatic rings. The zero-order chi connectivity index (χ0) is 41.5. The van der Waals surface area contributed by atoms with Gasteiger partial charge in [-0.05, 0) is 70.6 Å². The van der Waals surface area contributed by atoms with Crippen molar-refractivity contribution < 1.29 is 20.1 Å². The standard InChI is InChI=1S/C52H97NO4/c1-3-5-7-9-11-13-15-17-19-21-23-25-27-29-31-33-35-37-39-41-43-45-47-51(56)52(57)53-49(48-54)50(55)46-44-42-40-38-36-34-32-30-28-26-24-22-20-18-16-14-12-10-8-6-4-2/h28-31,36,38,44,46,49-51,54-56H,3-27,32-35,37,39-43,45,47-48H2,1-2H3,(H,53,57)/b30-28+,31-29-,38-36+,46-44+. The van der Waals surface area contributed by atoms with Crippen molar-refractivity contribution >= 4 is 5.91 Å². The Morgan fingerprint density at radius 3 is 1.07 bits per heavy atom. The minimum Gasteiger partial charge on any atom is -0.394 e. The largest absolute Gasteiger partial charge is 0.394 e. The molecule has 0 bridgehead atoms. The lowest BCUT2D eigenvalue weighted by molar-refractivity contribution is -0.131. The summed E-state index contributed by atoms with van der Waals surface area (Å²) in [6.45, 7) is 4.18. The van der Waals surface area contributed by atoms with Crippen molar-refractivity contribution in [3.8, 4) is 0 Å². The van der Waals surface area contributed by atoms with E-state index >= 15 is 0 Å². The lowest BCUT2D eigenvalue weighted by atomic mass is 10.0. The first-order chi connectivity index (χ1) is 28.1. The minimum atomic E-state index is -1.12. The van der Waals surface area contributed by atoms with Crippen LogP contribution in [0.1, 0.15) is 251 Å². The Labute approximate surface area is 355 Å². The van der Waals surface area contributed by atoms with Gasteiger partial charge >= 0.3 is 0 Å². The average molecular weight is 800 g/mol. The molecule has 3 unspecified atom stereocenters. The lowest BCUT2D eigenvalue weighted by Crippen LogP contribution is -2.48. The highest BCUT2D eigenvalue weighted by atomic mass is 16.3. The summed E-state index contributed by atoms with van der Waals surface area (Å²) in [7, 11) is 0. The molecule has 0 fully saturated rings. The van der Waals surface area contributed by atoms with Gasteiger partial charge in [0.25, 0.3) is 0 Å². The number of aliphatic hydroxyl groups is 3. The quantitative estimate of drug-likeness (QED) is 0.0365. The fraction of sp³-hybridized carbons (Fsp3) is 0.827. The van der Waals surface area contributed by atoms with Gasteiger partial charge in [0.05, 0.1) is 18.8 Å². The zero-order valence-electron chi connectivity index (χ0n) is 38.0. The van der Waals surface area contributed by atoms with Gasteiger partial charge in [0, 0.05) is 0 Å². The van der Waals surface area contributed by atoms with Crippen LogP contribution in [-0.4, -0.2) is 46.1 Å². The second-order valence-electron chi connectivity index (χ2n) is 17.0. The summed E-state index contributed by atoms with van der Waals surface area (Å²) in [6, 6.07) is -0.825. The van der Waals surface area contributed by atoms with Crippen molar-refractivity contribution in [2.24, 2.45) is 0 Å². The highest BCUT2D eigenvalue weighted by Gasteiger charge is 2.22. The Morgan fingerprint density at radius 2 is 0.719 bits per heavy atom. The topological polar surface area (TPSA) is 89.8 Å². The summed E-state index contributed by atoms with van der Waals surface area (Å²) in [5.41, 5.74) is 0. The number of carbonyl (C=O) groups excluding carboxylic acids is 1. The van der Waals surface area contributed by atoms with Gasteiger partial charge in [-0.2, -0.15) is 0 Å². The third-order valence-electron chi connectivity index (χ3n) is 11.4. The maximum atomic E-state index is 12.5. The van der Waals surface area contributed by atoms with Crippen LogP contribution in [0.25, 0.3) is 0 Å². The molecule has 1 amide bonds. The van der Waals surface area contributed by atoms with Crippen LogP contribution >= 0.6 is 0 Å². The highest BCUT2D eigenvalue weighted by molar-refractivity contribution is 5.80. The summed E-state index contributed by atoms with van der Waals surface area (Å²) >= 11 is 0. The number of allylic oxidation sites excluding steroid dienone is 7. The molecule has 0 radical (unpaired) electrons. The number of nitrogens with one attached hydrogen (secondary N) is 1. The molecule has 57 heavy (non-hydrogen) atoms. The number of rotatable bonds is 45. The smallest absolute Gasteiger partial charge is 0.249 e. The number of unbranched alkanes of at least 4 members (excludes halogenated alkanes) is 31. The van der Waals surface area contributed by atoms with Crippen LogP contribution in [0.5, 0.6) is 0 Å². The fourth-order valence-corrected chi connectivity index (χ4v) is 7.45. The van der Waals surface area contributed by atoms with Crippen molar-refractivity contribution in [2.45, 2.75) is 270 Å². The first-order valence-electron chi connectivity index (χ1n) is 25.0. The number of hydrogen-bond acceptors (Lipinski definition) is 4. The number of carbonyl (C=O) groups is 1. The molecule has 0 saturated heterocycles. The number of aliphatic hydroxyl groups excluding tert-OH is 3. The fourth-order valence-electron chi connectivity index (χ4n) is 7.45. The zero-order valence-corrected chi connectivity index (χ0v) is 38.0. The van der Waals surface area contributed by atoms with Gasteiger partial charge in [0.2, 0.25) is 5.91 Å². The molecule has 0 aliphatic heterocycles. The van der Waals surface area contributed by atoms with Crippen LogP contribution in [0, 0.1) is 0 Å². The first-order valence-corrected chi connectivity index (χ1v) is 25.0. The van der Waals surface area contributed by atoms with Gasteiger partial charge in [0.15, 0.2) is 0 Å². The van der Waals surface area contributed by atoms with Gasteiger partial charge < -0.3 is 20.6 Å². The summed E-state index contributed by atoms with van der Waals surface area (Å²) in [5, 5.41) is 33.2. The molecule has 0 aromatic carbocycles. The molecule has 3 atom stereocenters. The van der Waals surface area contributed by atoms with Crippen LogP contribution in [0.3, 0.4) is 0 Å². The highest BCUT2D eigenvalue weighted by Crippen LogP contribution is 2.15. The summed E-state index contributed by atoms with van der Waals surface area (Å²) in [4.78, 5) is 12.5.